The van der Waals surface area contributed by atoms with Gasteiger partial charge in [-0.15, -0.1) is 0 Å². The predicted molar refractivity (Wildman–Crippen MR) is 74.1 cm³/mol. The van der Waals surface area contributed by atoms with Gasteiger partial charge in [0, 0.05) is 19.3 Å². The van der Waals surface area contributed by atoms with E-state index < -0.39 is 5.54 Å². The van der Waals surface area contributed by atoms with Gasteiger partial charge < -0.3 is 15.0 Å². The molecule has 3 fully saturated rings. The highest BCUT2D eigenvalue weighted by Gasteiger charge is 2.51. The first kappa shape index (κ1) is 13.9. The summed E-state index contributed by atoms with van der Waals surface area (Å²) in [4.78, 5) is 27.2. The second-order valence-electron chi connectivity index (χ2n) is 6.36. The van der Waals surface area contributed by atoms with Gasteiger partial charge in [0.1, 0.15) is 11.6 Å². The lowest BCUT2D eigenvalue weighted by atomic mass is 9.78. The topological polar surface area (TPSA) is 58.6 Å². The average Bonchev–Trinajstić information content (AvgIpc) is 2.48. The fraction of sp³-hybridized carbons (Fsp3) is 0.867. The first-order valence-corrected chi connectivity index (χ1v) is 7.87. The Bertz CT molecular complexity index is 398. The largest absolute Gasteiger partial charge is 0.381 e. The Morgan fingerprint density at radius 3 is 2.45 bits per heavy atom. The second-order valence-corrected chi connectivity index (χ2v) is 6.36. The van der Waals surface area contributed by atoms with Gasteiger partial charge in [0.25, 0.3) is 0 Å². The van der Waals surface area contributed by atoms with Gasteiger partial charge in [-0.25, -0.2) is 0 Å². The summed E-state index contributed by atoms with van der Waals surface area (Å²) >= 11 is 0. The van der Waals surface area contributed by atoms with E-state index in [0.717, 1.165) is 44.9 Å². The molecule has 5 nitrogen and oxygen atoms in total. The monoisotopic (exact) mass is 280 g/mol. The maximum Gasteiger partial charge on any atom is 0.249 e. The Kier molecular flexibility index (Phi) is 3.71. The number of hydrogen-bond donors (Lipinski definition) is 1. The van der Waals surface area contributed by atoms with E-state index in [0.29, 0.717) is 13.2 Å². The van der Waals surface area contributed by atoms with Crippen LogP contribution in [0.15, 0.2) is 0 Å². The van der Waals surface area contributed by atoms with Crippen molar-refractivity contribution in [3.05, 3.63) is 0 Å². The summed E-state index contributed by atoms with van der Waals surface area (Å²) in [5, 5.41) is 3.04. The highest BCUT2D eigenvalue weighted by Crippen LogP contribution is 2.35. The highest BCUT2D eigenvalue weighted by molar-refractivity contribution is 5.99. The fourth-order valence-electron chi connectivity index (χ4n) is 3.88. The van der Waals surface area contributed by atoms with Gasteiger partial charge in [-0.1, -0.05) is 19.3 Å². The number of rotatable bonds is 1. The minimum atomic E-state index is -0.611. The zero-order valence-corrected chi connectivity index (χ0v) is 12.2. The van der Waals surface area contributed by atoms with E-state index in [2.05, 4.69) is 5.32 Å². The van der Waals surface area contributed by atoms with Crippen LogP contribution in [0, 0.1) is 0 Å². The molecular formula is C15H24N2O3. The molecule has 1 atom stereocenters. The van der Waals surface area contributed by atoms with Gasteiger partial charge in [-0.2, -0.15) is 0 Å². The van der Waals surface area contributed by atoms with Gasteiger partial charge in [0.15, 0.2) is 0 Å². The lowest BCUT2D eigenvalue weighted by molar-refractivity contribution is -0.161. The van der Waals surface area contributed by atoms with Gasteiger partial charge in [-0.05, 0) is 32.6 Å². The minimum Gasteiger partial charge on any atom is -0.381 e. The van der Waals surface area contributed by atoms with Crippen molar-refractivity contribution in [1.82, 2.24) is 10.2 Å². The molecule has 1 saturated carbocycles. The summed E-state index contributed by atoms with van der Waals surface area (Å²) in [6.07, 6.45) is 6.51. The quantitative estimate of drug-likeness (QED) is 0.785. The molecule has 1 spiro atoms. The van der Waals surface area contributed by atoms with Crippen molar-refractivity contribution < 1.29 is 14.3 Å². The third kappa shape index (κ3) is 2.22. The predicted octanol–water partition coefficient (Wildman–Crippen LogP) is 1.22. The maximum atomic E-state index is 13.0. The molecule has 2 amide bonds. The van der Waals surface area contributed by atoms with Gasteiger partial charge in [-0.3, -0.25) is 9.59 Å². The van der Waals surface area contributed by atoms with Gasteiger partial charge in [0.2, 0.25) is 11.8 Å². The van der Waals surface area contributed by atoms with Crippen molar-refractivity contribution in [2.24, 2.45) is 0 Å². The van der Waals surface area contributed by atoms with Crippen LogP contribution in [0.5, 0.6) is 0 Å². The maximum absolute atomic E-state index is 13.0. The Morgan fingerprint density at radius 2 is 1.80 bits per heavy atom. The zero-order valence-electron chi connectivity index (χ0n) is 12.2. The molecule has 0 radical (unpaired) electrons. The van der Waals surface area contributed by atoms with Crippen LogP contribution in [-0.4, -0.2) is 47.6 Å². The Morgan fingerprint density at radius 1 is 1.15 bits per heavy atom. The zero-order chi connectivity index (χ0) is 14.2. The summed E-state index contributed by atoms with van der Waals surface area (Å²) in [6.45, 7) is 3.23. The lowest BCUT2D eigenvalue weighted by Gasteiger charge is -2.50. The van der Waals surface area contributed by atoms with E-state index in [1.807, 2.05) is 11.8 Å². The van der Waals surface area contributed by atoms with Gasteiger partial charge >= 0.3 is 0 Å². The van der Waals surface area contributed by atoms with Crippen molar-refractivity contribution in [2.45, 2.75) is 69.5 Å². The molecule has 1 unspecified atom stereocenters. The summed E-state index contributed by atoms with van der Waals surface area (Å²) < 4.78 is 5.39. The normalized spacial score (nSPS) is 31.4. The Labute approximate surface area is 120 Å². The molecule has 0 aromatic carbocycles. The molecule has 0 aromatic rings. The van der Waals surface area contributed by atoms with E-state index >= 15 is 0 Å². The third-order valence-corrected chi connectivity index (χ3v) is 5.09. The number of carbonyl (C=O) groups is 2. The second kappa shape index (κ2) is 5.35. The standard InChI is InChI=1S/C15H24N2O3/c1-11-13(18)16-15(7-3-2-4-8-15)14(19)17(11)12-5-9-20-10-6-12/h11-12H,2-10H2,1H3,(H,16,18). The number of hydrogen-bond acceptors (Lipinski definition) is 3. The smallest absolute Gasteiger partial charge is 0.249 e. The first-order chi connectivity index (χ1) is 9.64. The molecule has 1 aliphatic carbocycles. The molecule has 2 saturated heterocycles. The summed E-state index contributed by atoms with van der Waals surface area (Å²) in [6, 6.07) is -0.186. The van der Waals surface area contributed by atoms with Crippen LogP contribution < -0.4 is 5.32 Å². The van der Waals surface area contributed by atoms with E-state index in [-0.39, 0.29) is 23.9 Å². The minimum absolute atomic E-state index is 0.0120. The van der Waals surface area contributed by atoms with Crippen molar-refractivity contribution in [1.29, 1.82) is 0 Å². The van der Waals surface area contributed by atoms with E-state index in [4.69, 9.17) is 4.74 Å². The molecule has 20 heavy (non-hydrogen) atoms. The Hall–Kier alpha value is -1.10. The highest BCUT2D eigenvalue weighted by atomic mass is 16.5. The van der Waals surface area contributed by atoms with Crippen LogP contribution in [0.1, 0.15) is 51.9 Å². The number of carbonyl (C=O) groups excluding carboxylic acids is 2. The third-order valence-electron chi connectivity index (χ3n) is 5.09. The number of piperazine rings is 1. The lowest BCUT2D eigenvalue weighted by Crippen LogP contribution is -2.72. The van der Waals surface area contributed by atoms with Crippen LogP contribution >= 0.6 is 0 Å². The molecule has 1 N–H and O–H groups in total. The summed E-state index contributed by atoms with van der Waals surface area (Å²) in [5.74, 6) is 0.161. The average molecular weight is 280 g/mol. The molecule has 2 heterocycles. The number of nitrogens with one attached hydrogen (secondary N) is 1. The molecular weight excluding hydrogens is 256 g/mol. The molecule has 0 bridgehead atoms. The molecule has 5 heteroatoms. The van der Waals surface area contributed by atoms with Crippen molar-refractivity contribution >= 4 is 11.8 Å². The molecule has 3 rings (SSSR count). The number of amides is 2. The van der Waals surface area contributed by atoms with Crippen molar-refractivity contribution in [3.8, 4) is 0 Å². The van der Waals surface area contributed by atoms with E-state index in [1.54, 1.807) is 0 Å². The van der Waals surface area contributed by atoms with Crippen molar-refractivity contribution in [2.75, 3.05) is 13.2 Å². The number of ether oxygens (including phenoxy) is 1. The van der Waals surface area contributed by atoms with Crippen LogP contribution in [0.25, 0.3) is 0 Å². The van der Waals surface area contributed by atoms with Crippen LogP contribution in [0.2, 0.25) is 0 Å². The Balaban J connectivity index is 1.86. The van der Waals surface area contributed by atoms with Crippen LogP contribution in [0.4, 0.5) is 0 Å². The summed E-state index contributed by atoms with van der Waals surface area (Å²) in [5.41, 5.74) is -0.611. The molecule has 3 aliphatic rings. The summed E-state index contributed by atoms with van der Waals surface area (Å²) in [7, 11) is 0. The molecule has 2 aliphatic heterocycles. The van der Waals surface area contributed by atoms with Crippen LogP contribution in [-0.2, 0) is 14.3 Å². The number of nitrogens with zero attached hydrogens (tertiary/aromatic N) is 1. The molecule has 112 valence electrons. The van der Waals surface area contributed by atoms with E-state index in [1.165, 1.54) is 0 Å². The van der Waals surface area contributed by atoms with E-state index in [9.17, 15) is 9.59 Å². The fourth-order valence-corrected chi connectivity index (χ4v) is 3.88. The SMILES string of the molecule is CC1C(=O)NC2(CCCCC2)C(=O)N1C1CCOCC1. The first-order valence-electron chi connectivity index (χ1n) is 7.87. The molecule has 0 aromatic heterocycles. The van der Waals surface area contributed by atoms with Crippen molar-refractivity contribution in [3.63, 3.8) is 0 Å². The van der Waals surface area contributed by atoms with Crippen LogP contribution in [0.3, 0.4) is 0 Å². The van der Waals surface area contributed by atoms with Gasteiger partial charge in [0.05, 0.1) is 0 Å².